The summed E-state index contributed by atoms with van der Waals surface area (Å²) in [7, 11) is 2.11. The number of carbonyl (C=O) groups is 1. The van der Waals surface area contributed by atoms with E-state index in [2.05, 4.69) is 28.0 Å². The normalized spacial score (nSPS) is 13.7. The van der Waals surface area contributed by atoms with Crippen LogP contribution in [0, 0.1) is 5.82 Å². The van der Waals surface area contributed by atoms with Gasteiger partial charge < -0.3 is 19.7 Å². The number of benzene rings is 2. The summed E-state index contributed by atoms with van der Waals surface area (Å²) < 4.78 is 15.4. The summed E-state index contributed by atoms with van der Waals surface area (Å²) in [5.41, 5.74) is 3.19. The Labute approximate surface area is 193 Å². The zero-order valence-electron chi connectivity index (χ0n) is 17.5. The highest BCUT2D eigenvalue weighted by Gasteiger charge is 2.18. The van der Waals surface area contributed by atoms with Crippen LogP contribution in [0.15, 0.2) is 48.7 Å². The van der Waals surface area contributed by atoms with Gasteiger partial charge in [0.05, 0.1) is 5.52 Å². The van der Waals surface area contributed by atoms with Gasteiger partial charge in [-0.05, 0) is 74.5 Å². The topological polar surface area (TPSA) is 40.5 Å². The number of carbonyl (C=O) groups excluding carboxylic acids is 1. The summed E-state index contributed by atoms with van der Waals surface area (Å²) in [5.74, 6) is -0.244. The summed E-state index contributed by atoms with van der Waals surface area (Å²) in [4.78, 5) is 15.8. The van der Waals surface area contributed by atoms with Gasteiger partial charge in [0.15, 0.2) is 0 Å². The minimum atomic E-state index is -0.244. The first kappa shape index (κ1) is 23.4. The molecule has 0 spiro atoms. The van der Waals surface area contributed by atoms with Gasteiger partial charge in [0.2, 0.25) is 0 Å². The molecule has 5 nitrogen and oxygen atoms in total. The van der Waals surface area contributed by atoms with Gasteiger partial charge in [-0.2, -0.15) is 0 Å². The molecule has 1 saturated heterocycles. The molecule has 2 amide bonds. The fourth-order valence-corrected chi connectivity index (χ4v) is 4.14. The Hall–Kier alpha value is -2.28. The maximum absolute atomic E-state index is 13.3. The van der Waals surface area contributed by atoms with E-state index in [4.69, 9.17) is 11.6 Å². The lowest BCUT2D eigenvalue weighted by Gasteiger charge is -2.19. The lowest BCUT2D eigenvalue weighted by molar-refractivity contribution is 0.213. The van der Waals surface area contributed by atoms with Crippen LogP contribution in [-0.2, 0) is 6.42 Å². The van der Waals surface area contributed by atoms with E-state index in [1.54, 1.807) is 12.1 Å². The van der Waals surface area contributed by atoms with Gasteiger partial charge in [0, 0.05) is 48.5 Å². The van der Waals surface area contributed by atoms with Crippen LogP contribution in [0.5, 0.6) is 0 Å². The van der Waals surface area contributed by atoms with Crippen molar-refractivity contribution in [3.05, 3.63) is 65.1 Å². The third kappa shape index (κ3) is 5.50. The van der Waals surface area contributed by atoms with Crippen LogP contribution in [-0.4, -0.2) is 60.2 Å². The number of likely N-dealkylation sites (N-methyl/N-ethyl adjacent to an activating group) is 1. The van der Waals surface area contributed by atoms with E-state index in [1.165, 1.54) is 17.7 Å². The van der Waals surface area contributed by atoms with Gasteiger partial charge in [0.1, 0.15) is 5.82 Å². The summed E-state index contributed by atoms with van der Waals surface area (Å²) in [6.07, 6.45) is 3.95. The second kappa shape index (κ2) is 10.4. The van der Waals surface area contributed by atoms with Crippen molar-refractivity contribution in [3.63, 3.8) is 0 Å². The first-order chi connectivity index (χ1) is 14.5. The van der Waals surface area contributed by atoms with Gasteiger partial charge in [-0.3, -0.25) is 0 Å². The molecule has 3 aromatic rings. The molecule has 0 saturated carbocycles. The molecule has 2 heterocycles. The minimum absolute atomic E-state index is 0. The molecule has 2 aromatic carbocycles. The number of fused-ring (bicyclic) bond motifs is 1. The number of aromatic nitrogens is 1. The number of amides is 2. The van der Waals surface area contributed by atoms with Crippen LogP contribution >= 0.6 is 24.0 Å². The highest BCUT2D eigenvalue weighted by Crippen LogP contribution is 2.28. The SMILES string of the molecule is CN(CCCN1CCNC1=O)CCc1cn(-c2ccc(F)cc2)c2ccc(Cl)cc12.Cl. The van der Waals surface area contributed by atoms with E-state index in [1.807, 2.05) is 23.1 Å². The maximum Gasteiger partial charge on any atom is 0.317 e. The highest BCUT2D eigenvalue weighted by atomic mass is 35.5. The van der Waals surface area contributed by atoms with Crippen LogP contribution in [0.1, 0.15) is 12.0 Å². The number of nitrogens with zero attached hydrogens (tertiary/aromatic N) is 3. The predicted octanol–water partition coefficient (Wildman–Crippen LogP) is 4.73. The van der Waals surface area contributed by atoms with Crippen LogP contribution in [0.3, 0.4) is 0 Å². The predicted molar refractivity (Wildman–Crippen MR) is 126 cm³/mol. The van der Waals surface area contributed by atoms with Crippen molar-refractivity contribution in [3.8, 4) is 5.69 Å². The number of rotatable bonds is 8. The zero-order valence-corrected chi connectivity index (χ0v) is 19.1. The third-order valence-corrected chi connectivity index (χ3v) is 5.86. The fourth-order valence-electron chi connectivity index (χ4n) is 3.96. The van der Waals surface area contributed by atoms with E-state index in [0.717, 1.165) is 62.2 Å². The molecule has 1 aromatic heterocycles. The Bertz CT molecular complexity index is 1040. The van der Waals surface area contributed by atoms with E-state index in [9.17, 15) is 9.18 Å². The lowest BCUT2D eigenvalue weighted by atomic mass is 10.1. The molecule has 166 valence electrons. The molecule has 1 aliphatic rings. The van der Waals surface area contributed by atoms with Crippen molar-refractivity contribution < 1.29 is 9.18 Å². The molecule has 0 unspecified atom stereocenters. The summed E-state index contributed by atoms with van der Waals surface area (Å²) >= 11 is 6.27. The Morgan fingerprint density at radius 2 is 1.94 bits per heavy atom. The molecule has 0 atom stereocenters. The number of nitrogens with one attached hydrogen (secondary N) is 1. The van der Waals surface area contributed by atoms with Crippen molar-refractivity contribution in [2.24, 2.45) is 0 Å². The van der Waals surface area contributed by atoms with Crippen molar-refractivity contribution in [1.82, 2.24) is 19.7 Å². The molecular weight excluding hydrogens is 438 g/mol. The molecular formula is C23H27Cl2FN4O. The largest absolute Gasteiger partial charge is 0.336 e. The van der Waals surface area contributed by atoms with Crippen LogP contribution in [0.2, 0.25) is 5.02 Å². The first-order valence-corrected chi connectivity index (χ1v) is 10.7. The standard InChI is InChI=1S/C23H26ClFN4O.ClH/c1-27(11-2-12-28-14-10-26-23(28)30)13-9-17-16-29(20-6-4-19(25)5-7-20)22-8-3-18(24)15-21(17)22;/h3-8,15-16H,2,9-14H2,1H3,(H,26,30);1H. The smallest absolute Gasteiger partial charge is 0.317 e. The Kier molecular flexibility index (Phi) is 7.81. The number of hydrogen-bond acceptors (Lipinski definition) is 2. The van der Waals surface area contributed by atoms with Crippen LogP contribution in [0.4, 0.5) is 9.18 Å². The number of halogens is 3. The molecule has 1 N–H and O–H groups in total. The molecule has 0 bridgehead atoms. The minimum Gasteiger partial charge on any atom is -0.336 e. The molecule has 8 heteroatoms. The average molecular weight is 465 g/mol. The van der Waals surface area contributed by atoms with Gasteiger partial charge in [0.25, 0.3) is 0 Å². The number of hydrogen-bond donors (Lipinski definition) is 1. The first-order valence-electron chi connectivity index (χ1n) is 10.3. The van der Waals surface area contributed by atoms with Gasteiger partial charge in [-0.1, -0.05) is 11.6 Å². The van der Waals surface area contributed by atoms with E-state index in [-0.39, 0.29) is 24.3 Å². The second-order valence-corrected chi connectivity index (χ2v) is 8.22. The van der Waals surface area contributed by atoms with Crippen LogP contribution < -0.4 is 5.32 Å². The second-order valence-electron chi connectivity index (χ2n) is 7.79. The van der Waals surface area contributed by atoms with Crippen molar-refractivity contribution >= 4 is 40.9 Å². The molecule has 1 fully saturated rings. The third-order valence-electron chi connectivity index (χ3n) is 5.63. The maximum atomic E-state index is 13.3. The molecule has 1 aliphatic heterocycles. The monoisotopic (exact) mass is 464 g/mol. The van der Waals surface area contributed by atoms with E-state index in [0.29, 0.717) is 5.02 Å². The highest BCUT2D eigenvalue weighted by molar-refractivity contribution is 6.31. The van der Waals surface area contributed by atoms with E-state index >= 15 is 0 Å². The lowest BCUT2D eigenvalue weighted by Crippen LogP contribution is -2.31. The molecule has 31 heavy (non-hydrogen) atoms. The van der Waals surface area contributed by atoms with Gasteiger partial charge >= 0.3 is 6.03 Å². The quantitative estimate of drug-likeness (QED) is 0.523. The van der Waals surface area contributed by atoms with Crippen molar-refractivity contribution in [2.45, 2.75) is 12.8 Å². The van der Waals surface area contributed by atoms with Crippen molar-refractivity contribution in [2.75, 3.05) is 39.8 Å². The fraction of sp³-hybridized carbons (Fsp3) is 0.348. The van der Waals surface area contributed by atoms with E-state index < -0.39 is 0 Å². The molecule has 4 rings (SSSR count). The number of urea groups is 1. The zero-order chi connectivity index (χ0) is 21.1. The van der Waals surface area contributed by atoms with Gasteiger partial charge in [-0.15, -0.1) is 12.4 Å². The Morgan fingerprint density at radius 1 is 1.16 bits per heavy atom. The summed E-state index contributed by atoms with van der Waals surface area (Å²) in [5, 5.41) is 4.66. The Balaban J connectivity index is 0.00000272. The van der Waals surface area contributed by atoms with Gasteiger partial charge in [-0.25, -0.2) is 9.18 Å². The summed E-state index contributed by atoms with van der Waals surface area (Å²) in [6.45, 7) is 4.17. The van der Waals surface area contributed by atoms with Crippen molar-refractivity contribution in [1.29, 1.82) is 0 Å². The van der Waals surface area contributed by atoms with Crippen LogP contribution in [0.25, 0.3) is 16.6 Å². The molecule has 0 radical (unpaired) electrons. The average Bonchev–Trinajstić information content (AvgIpc) is 3.30. The Morgan fingerprint density at radius 3 is 2.65 bits per heavy atom. The molecule has 0 aliphatic carbocycles. The summed E-state index contributed by atoms with van der Waals surface area (Å²) in [6, 6.07) is 12.5.